The van der Waals surface area contributed by atoms with Crippen molar-refractivity contribution in [3.8, 4) is 0 Å². The summed E-state index contributed by atoms with van der Waals surface area (Å²) in [7, 11) is 0. The molecule has 9 heteroatoms. The normalized spacial score (nSPS) is 18.7. The molecule has 2 rings (SSSR count). The Bertz CT molecular complexity index is 511. The molecule has 0 radical (unpaired) electrons. The first-order valence-electron chi connectivity index (χ1n) is 5.19. The predicted molar refractivity (Wildman–Crippen MR) is 62.4 cm³/mol. The van der Waals surface area contributed by atoms with Gasteiger partial charge in [0.05, 0.1) is 13.1 Å². The van der Waals surface area contributed by atoms with Crippen molar-refractivity contribution in [1.29, 1.82) is 0 Å². The lowest BCUT2D eigenvalue weighted by Crippen LogP contribution is -2.66. The van der Waals surface area contributed by atoms with E-state index in [9.17, 15) is 17.6 Å². The minimum absolute atomic E-state index is 0.0430. The van der Waals surface area contributed by atoms with Crippen LogP contribution in [0.4, 0.5) is 23.4 Å². The summed E-state index contributed by atoms with van der Waals surface area (Å²) in [6.45, 7) is -1.62. The Kier molecular flexibility index (Phi) is 3.29. The second kappa shape index (κ2) is 4.52. The summed E-state index contributed by atoms with van der Waals surface area (Å²) >= 11 is 5.70. The predicted octanol–water partition coefficient (Wildman–Crippen LogP) is 2.15. The van der Waals surface area contributed by atoms with Crippen LogP contribution in [0.5, 0.6) is 0 Å². The molecule has 1 aromatic rings. The van der Waals surface area contributed by atoms with Crippen molar-refractivity contribution >= 4 is 23.5 Å². The van der Waals surface area contributed by atoms with E-state index in [1.807, 2.05) is 0 Å². The third-order valence-corrected chi connectivity index (χ3v) is 2.85. The van der Waals surface area contributed by atoms with Crippen molar-refractivity contribution < 1.29 is 17.6 Å². The first kappa shape index (κ1) is 13.9. The molecule has 0 bridgehead atoms. The number of aromatic nitrogens is 2. The van der Waals surface area contributed by atoms with Gasteiger partial charge in [-0.15, -0.1) is 0 Å². The standard InChI is InChI=1S/C10H9ClF4N4/c11-6-3-8(18-7(17-6)1-2-16)19-4-9(12,5-19)10(13,14)15/h1-3H,4-5,16H2/b2-1-. The van der Waals surface area contributed by atoms with Gasteiger partial charge in [-0.05, 0) is 12.3 Å². The van der Waals surface area contributed by atoms with Gasteiger partial charge in [0.15, 0.2) is 5.82 Å². The topological polar surface area (TPSA) is 55.0 Å². The number of nitrogens with zero attached hydrogens (tertiary/aromatic N) is 3. The number of hydrogen-bond donors (Lipinski definition) is 1. The molecule has 0 spiro atoms. The van der Waals surface area contributed by atoms with Gasteiger partial charge in [0, 0.05) is 6.07 Å². The minimum Gasteiger partial charge on any atom is -0.404 e. The third kappa shape index (κ3) is 2.58. The Labute approximate surface area is 110 Å². The van der Waals surface area contributed by atoms with Gasteiger partial charge >= 0.3 is 6.18 Å². The highest BCUT2D eigenvalue weighted by atomic mass is 35.5. The number of anilines is 1. The van der Waals surface area contributed by atoms with Crippen LogP contribution in [0.2, 0.25) is 5.15 Å². The molecule has 1 saturated heterocycles. The van der Waals surface area contributed by atoms with E-state index in [2.05, 4.69) is 9.97 Å². The molecular weight excluding hydrogens is 288 g/mol. The van der Waals surface area contributed by atoms with Crippen molar-refractivity contribution in [3.05, 3.63) is 23.2 Å². The summed E-state index contributed by atoms with van der Waals surface area (Å²) in [6, 6.07) is 1.27. The second-order valence-electron chi connectivity index (χ2n) is 4.09. The fourth-order valence-corrected chi connectivity index (χ4v) is 1.83. The number of halogens is 5. The fourth-order valence-electron chi connectivity index (χ4n) is 1.65. The van der Waals surface area contributed by atoms with Gasteiger partial charge in [-0.2, -0.15) is 13.2 Å². The Morgan fingerprint density at radius 1 is 1.37 bits per heavy atom. The van der Waals surface area contributed by atoms with E-state index >= 15 is 0 Å². The summed E-state index contributed by atoms with van der Waals surface area (Å²) in [5.41, 5.74) is 1.96. The van der Waals surface area contributed by atoms with Gasteiger partial charge < -0.3 is 10.6 Å². The molecule has 4 nitrogen and oxygen atoms in total. The van der Waals surface area contributed by atoms with Crippen LogP contribution in [0.25, 0.3) is 6.08 Å². The Morgan fingerprint density at radius 2 is 2.00 bits per heavy atom. The van der Waals surface area contributed by atoms with Gasteiger partial charge in [0.2, 0.25) is 5.67 Å². The zero-order valence-corrected chi connectivity index (χ0v) is 10.2. The van der Waals surface area contributed by atoms with E-state index in [-0.39, 0.29) is 16.8 Å². The molecule has 0 aliphatic carbocycles. The largest absolute Gasteiger partial charge is 0.426 e. The number of alkyl halides is 4. The van der Waals surface area contributed by atoms with Gasteiger partial charge in [-0.3, -0.25) is 0 Å². The lowest BCUT2D eigenvalue weighted by atomic mass is 9.96. The van der Waals surface area contributed by atoms with Crippen molar-refractivity contribution in [2.24, 2.45) is 5.73 Å². The Balaban J connectivity index is 2.18. The van der Waals surface area contributed by atoms with Crippen LogP contribution in [0, 0.1) is 0 Å². The highest BCUT2D eigenvalue weighted by Gasteiger charge is 2.63. The third-order valence-electron chi connectivity index (χ3n) is 2.66. The maximum atomic E-state index is 13.4. The molecule has 2 heterocycles. The molecule has 1 fully saturated rings. The molecule has 1 aromatic heterocycles. The van der Waals surface area contributed by atoms with Gasteiger partial charge in [0.1, 0.15) is 11.0 Å². The minimum atomic E-state index is -4.89. The van der Waals surface area contributed by atoms with Gasteiger partial charge in [-0.1, -0.05) is 11.6 Å². The number of nitrogens with two attached hydrogens (primary N) is 1. The van der Waals surface area contributed by atoms with Crippen LogP contribution in [0.3, 0.4) is 0 Å². The van der Waals surface area contributed by atoms with E-state index in [1.165, 1.54) is 18.3 Å². The highest BCUT2D eigenvalue weighted by molar-refractivity contribution is 6.29. The Morgan fingerprint density at radius 3 is 2.53 bits per heavy atom. The molecule has 0 aromatic carbocycles. The van der Waals surface area contributed by atoms with Crippen LogP contribution in [0.1, 0.15) is 5.82 Å². The maximum Gasteiger partial charge on any atom is 0.426 e. The summed E-state index contributed by atoms with van der Waals surface area (Å²) in [4.78, 5) is 8.85. The molecule has 0 atom stereocenters. The molecule has 2 N–H and O–H groups in total. The van der Waals surface area contributed by atoms with Crippen LogP contribution < -0.4 is 10.6 Å². The highest BCUT2D eigenvalue weighted by Crippen LogP contribution is 2.42. The van der Waals surface area contributed by atoms with Crippen LogP contribution in [-0.2, 0) is 0 Å². The van der Waals surface area contributed by atoms with E-state index < -0.39 is 24.9 Å². The summed E-state index contributed by atoms with van der Waals surface area (Å²) in [6.07, 6.45) is -2.39. The van der Waals surface area contributed by atoms with Gasteiger partial charge in [-0.25, -0.2) is 14.4 Å². The molecule has 1 aliphatic heterocycles. The fraction of sp³-hybridized carbons (Fsp3) is 0.400. The monoisotopic (exact) mass is 296 g/mol. The molecule has 0 amide bonds. The molecule has 0 saturated carbocycles. The van der Waals surface area contributed by atoms with Crippen LogP contribution in [-0.4, -0.2) is 34.9 Å². The summed E-state index contributed by atoms with van der Waals surface area (Å²) < 4.78 is 50.5. The Hall–Kier alpha value is -1.57. The first-order valence-corrected chi connectivity index (χ1v) is 5.56. The first-order chi connectivity index (χ1) is 8.75. The number of rotatable bonds is 2. The van der Waals surface area contributed by atoms with Crippen molar-refractivity contribution in [3.63, 3.8) is 0 Å². The molecular formula is C10H9ClF4N4. The summed E-state index contributed by atoms with van der Waals surface area (Å²) in [5.74, 6) is 0.277. The lowest BCUT2D eigenvalue weighted by molar-refractivity contribution is -0.237. The van der Waals surface area contributed by atoms with Crippen LogP contribution in [0.15, 0.2) is 12.3 Å². The van der Waals surface area contributed by atoms with Gasteiger partial charge in [0.25, 0.3) is 0 Å². The van der Waals surface area contributed by atoms with Crippen LogP contribution >= 0.6 is 11.6 Å². The van der Waals surface area contributed by atoms with Crippen molar-refractivity contribution in [2.45, 2.75) is 11.8 Å². The molecule has 1 aliphatic rings. The van der Waals surface area contributed by atoms with E-state index in [0.29, 0.717) is 0 Å². The maximum absolute atomic E-state index is 13.4. The smallest absolute Gasteiger partial charge is 0.404 e. The SMILES string of the molecule is N/C=C\c1nc(Cl)cc(N2CC(F)(C(F)(F)F)C2)n1. The lowest BCUT2D eigenvalue weighted by Gasteiger charge is -2.45. The van der Waals surface area contributed by atoms with Crippen molar-refractivity contribution in [1.82, 2.24) is 9.97 Å². The average Bonchev–Trinajstić information content (AvgIpc) is 2.22. The second-order valence-corrected chi connectivity index (χ2v) is 4.47. The zero-order chi connectivity index (χ0) is 14.3. The molecule has 104 valence electrons. The number of hydrogen-bond acceptors (Lipinski definition) is 4. The summed E-state index contributed by atoms with van der Waals surface area (Å²) in [5, 5.41) is 0.0430. The average molecular weight is 297 g/mol. The quantitative estimate of drug-likeness (QED) is 0.671. The van der Waals surface area contributed by atoms with Crippen molar-refractivity contribution in [2.75, 3.05) is 18.0 Å². The van der Waals surface area contributed by atoms with E-state index in [1.54, 1.807) is 0 Å². The van der Waals surface area contributed by atoms with E-state index in [4.69, 9.17) is 17.3 Å². The molecule has 19 heavy (non-hydrogen) atoms. The molecule has 0 unspecified atom stereocenters. The zero-order valence-electron chi connectivity index (χ0n) is 9.46. The van der Waals surface area contributed by atoms with E-state index in [0.717, 1.165) is 4.90 Å².